The summed E-state index contributed by atoms with van der Waals surface area (Å²) < 4.78 is 23.6. The van der Waals surface area contributed by atoms with Crippen LogP contribution in [-0.2, 0) is 4.74 Å². The van der Waals surface area contributed by atoms with Crippen molar-refractivity contribution in [1.82, 2.24) is 4.98 Å². The van der Waals surface area contributed by atoms with Crippen LogP contribution in [-0.4, -0.2) is 24.7 Å². The Balaban J connectivity index is 2.44. The van der Waals surface area contributed by atoms with E-state index in [2.05, 4.69) is 10.3 Å². The SMILES string of the molecule is CCOC(=O)c1nc(OC)ccc1Nc1ccc(F)cc1C(C)C. The molecule has 0 unspecified atom stereocenters. The van der Waals surface area contributed by atoms with E-state index < -0.39 is 5.97 Å². The third-order valence-corrected chi connectivity index (χ3v) is 3.45. The average Bonchev–Trinajstić information content (AvgIpc) is 2.56. The molecule has 2 rings (SSSR count). The number of anilines is 2. The smallest absolute Gasteiger partial charge is 0.359 e. The molecule has 0 bridgehead atoms. The molecule has 5 nitrogen and oxygen atoms in total. The Kier molecular flexibility index (Phi) is 5.73. The zero-order valence-electron chi connectivity index (χ0n) is 14.2. The van der Waals surface area contributed by atoms with Gasteiger partial charge in [0.05, 0.1) is 19.4 Å². The Bertz CT molecular complexity index is 732. The number of halogens is 1. The molecule has 1 N–H and O–H groups in total. The average molecular weight is 332 g/mol. The maximum atomic E-state index is 13.5. The van der Waals surface area contributed by atoms with Gasteiger partial charge in [-0.3, -0.25) is 0 Å². The van der Waals surface area contributed by atoms with Gasteiger partial charge < -0.3 is 14.8 Å². The Hall–Kier alpha value is -2.63. The molecule has 0 amide bonds. The summed E-state index contributed by atoms with van der Waals surface area (Å²) in [6, 6.07) is 7.82. The molecular weight excluding hydrogens is 311 g/mol. The first-order valence-electron chi connectivity index (χ1n) is 7.74. The first-order chi connectivity index (χ1) is 11.5. The van der Waals surface area contributed by atoms with Crippen LogP contribution in [0.5, 0.6) is 5.88 Å². The summed E-state index contributed by atoms with van der Waals surface area (Å²) in [6.07, 6.45) is 0. The molecule has 128 valence electrons. The predicted molar refractivity (Wildman–Crippen MR) is 90.5 cm³/mol. The number of carbonyl (C=O) groups is 1. The summed E-state index contributed by atoms with van der Waals surface area (Å²) in [5.74, 6) is -0.429. The summed E-state index contributed by atoms with van der Waals surface area (Å²) in [7, 11) is 1.47. The molecule has 0 radical (unpaired) electrons. The number of hydrogen-bond donors (Lipinski definition) is 1. The third-order valence-electron chi connectivity index (χ3n) is 3.45. The first kappa shape index (κ1) is 17.7. The van der Waals surface area contributed by atoms with Crippen molar-refractivity contribution in [2.24, 2.45) is 0 Å². The van der Waals surface area contributed by atoms with Crippen molar-refractivity contribution in [3.8, 4) is 5.88 Å². The van der Waals surface area contributed by atoms with E-state index in [1.165, 1.54) is 19.2 Å². The van der Waals surface area contributed by atoms with Gasteiger partial charge in [0.15, 0.2) is 5.69 Å². The second-order valence-corrected chi connectivity index (χ2v) is 5.48. The predicted octanol–water partition coefficient (Wildman–Crippen LogP) is 4.27. The lowest BCUT2D eigenvalue weighted by Gasteiger charge is -2.17. The van der Waals surface area contributed by atoms with Crippen LogP contribution in [0.15, 0.2) is 30.3 Å². The van der Waals surface area contributed by atoms with Crippen LogP contribution in [0.25, 0.3) is 0 Å². The Morgan fingerprint density at radius 1 is 1.25 bits per heavy atom. The number of hydrogen-bond acceptors (Lipinski definition) is 5. The largest absolute Gasteiger partial charge is 0.481 e. The number of esters is 1. The van der Waals surface area contributed by atoms with Crippen LogP contribution in [0, 0.1) is 5.82 Å². The quantitative estimate of drug-likeness (QED) is 0.800. The highest BCUT2D eigenvalue weighted by Crippen LogP contribution is 2.30. The summed E-state index contributed by atoms with van der Waals surface area (Å²) in [6.45, 7) is 5.91. The second-order valence-electron chi connectivity index (χ2n) is 5.48. The van der Waals surface area contributed by atoms with Gasteiger partial charge in [0.1, 0.15) is 5.82 Å². The van der Waals surface area contributed by atoms with Crippen molar-refractivity contribution in [2.75, 3.05) is 19.0 Å². The van der Waals surface area contributed by atoms with Gasteiger partial charge in [0, 0.05) is 11.8 Å². The molecule has 1 aromatic carbocycles. The van der Waals surface area contributed by atoms with Crippen molar-refractivity contribution < 1.29 is 18.7 Å². The number of nitrogens with zero attached hydrogens (tertiary/aromatic N) is 1. The van der Waals surface area contributed by atoms with Crippen LogP contribution in [0.2, 0.25) is 0 Å². The van der Waals surface area contributed by atoms with E-state index in [0.717, 1.165) is 5.56 Å². The van der Waals surface area contributed by atoms with Gasteiger partial charge in [-0.25, -0.2) is 14.2 Å². The van der Waals surface area contributed by atoms with Gasteiger partial charge in [0.25, 0.3) is 0 Å². The van der Waals surface area contributed by atoms with Crippen molar-refractivity contribution in [1.29, 1.82) is 0 Å². The molecule has 0 aliphatic carbocycles. The number of benzene rings is 1. The molecule has 0 aliphatic heterocycles. The Labute approximate surface area is 140 Å². The number of methoxy groups -OCH3 is 1. The van der Waals surface area contributed by atoms with E-state index in [1.54, 1.807) is 25.1 Å². The van der Waals surface area contributed by atoms with E-state index in [0.29, 0.717) is 17.3 Å². The number of rotatable bonds is 6. The molecule has 1 aromatic heterocycles. The molecule has 0 aliphatic rings. The fourth-order valence-corrected chi connectivity index (χ4v) is 2.28. The number of nitrogens with one attached hydrogen (secondary N) is 1. The second kappa shape index (κ2) is 7.77. The summed E-state index contributed by atoms with van der Waals surface area (Å²) in [5.41, 5.74) is 2.11. The highest BCUT2D eigenvalue weighted by Gasteiger charge is 2.18. The fourth-order valence-electron chi connectivity index (χ4n) is 2.28. The van der Waals surface area contributed by atoms with Crippen molar-refractivity contribution in [3.05, 3.63) is 47.4 Å². The number of ether oxygens (including phenoxy) is 2. The molecule has 0 fully saturated rings. The van der Waals surface area contributed by atoms with Crippen LogP contribution < -0.4 is 10.1 Å². The van der Waals surface area contributed by atoms with Crippen molar-refractivity contribution in [3.63, 3.8) is 0 Å². The van der Waals surface area contributed by atoms with Crippen molar-refractivity contribution in [2.45, 2.75) is 26.7 Å². The third kappa shape index (κ3) is 4.01. The van der Waals surface area contributed by atoms with Gasteiger partial charge in [-0.2, -0.15) is 0 Å². The van der Waals surface area contributed by atoms with Crippen LogP contribution in [0.3, 0.4) is 0 Å². The van der Waals surface area contributed by atoms with Gasteiger partial charge in [-0.1, -0.05) is 13.8 Å². The van der Waals surface area contributed by atoms with E-state index >= 15 is 0 Å². The lowest BCUT2D eigenvalue weighted by atomic mass is 10.0. The fraction of sp³-hybridized carbons (Fsp3) is 0.333. The van der Waals surface area contributed by atoms with E-state index in [-0.39, 0.29) is 24.0 Å². The van der Waals surface area contributed by atoms with Crippen molar-refractivity contribution >= 4 is 17.3 Å². The monoisotopic (exact) mass is 332 g/mol. The molecule has 1 heterocycles. The zero-order valence-corrected chi connectivity index (χ0v) is 14.2. The standard InChI is InChI=1S/C18H21FN2O3/c1-5-24-18(22)17-15(8-9-16(21-17)23-4)20-14-7-6-12(19)10-13(14)11(2)3/h6-11,20H,5H2,1-4H3. The summed E-state index contributed by atoms with van der Waals surface area (Å²) in [4.78, 5) is 16.3. The molecule has 0 atom stereocenters. The minimum Gasteiger partial charge on any atom is -0.481 e. The lowest BCUT2D eigenvalue weighted by Crippen LogP contribution is -2.11. The topological polar surface area (TPSA) is 60.5 Å². The summed E-state index contributed by atoms with van der Waals surface area (Å²) in [5, 5.41) is 3.15. The maximum Gasteiger partial charge on any atom is 0.359 e. The number of pyridine rings is 1. The van der Waals surface area contributed by atoms with Gasteiger partial charge in [-0.15, -0.1) is 0 Å². The van der Waals surface area contributed by atoms with Gasteiger partial charge in [-0.05, 0) is 42.7 Å². The van der Waals surface area contributed by atoms with E-state index in [4.69, 9.17) is 9.47 Å². The zero-order chi connectivity index (χ0) is 17.7. The molecular formula is C18H21FN2O3. The lowest BCUT2D eigenvalue weighted by molar-refractivity contribution is 0.0520. The molecule has 24 heavy (non-hydrogen) atoms. The molecule has 6 heteroatoms. The first-order valence-corrected chi connectivity index (χ1v) is 7.74. The summed E-state index contributed by atoms with van der Waals surface area (Å²) >= 11 is 0. The Morgan fingerprint density at radius 2 is 1.96 bits per heavy atom. The maximum absolute atomic E-state index is 13.5. The molecule has 0 saturated heterocycles. The number of carbonyl (C=O) groups excluding carboxylic acids is 1. The number of aromatic nitrogens is 1. The van der Waals surface area contributed by atoms with Crippen LogP contribution in [0.4, 0.5) is 15.8 Å². The molecule has 0 saturated carbocycles. The normalized spacial score (nSPS) is 10.6. The van der Waals surface area contributed by atoms with Gasteiger partial charge >= 0.3 is 5.97 Å². The minimum atomic E-state index is -0.549. The van der Waals surface area contributed by atoms with E-state index in [1.807, 2.05) is 13.8 Å². The van der Waals surface area contributed by atoms with Gasteiger partial charge in [0.2, 0.25) is 5.88 Å². The molecule has 2 aromatic rings. The highest BCUT2D eigenvalue weighted by molar-refractivity contribution is 5.94. The van der Waals surface area contributed by atoms with E-state index in [9.17, 15) is 9.18 Å². The molecule has 0 spiro atoms. The Morgan fingerprint density at radius 3 is 2.58 bits per heavy atom. The minimum absolute atomic E-state index is 0.112. The van der Waals surface area contributed by atoms with Crippen LogP contribution >= 0.6 is 0 Å². The van der Waals surface area contributed by atoms with Crippen LogP contribution in [0.1, 0.15) is 42.7 Å². The highest BCUT2D eigenvalue weighted by atomic mass is 19.1.